The Morgan fingerprint density at radius 3 is 2.00 bits per heavy atom. The summed E-state index contributed by atoms with van der Waals surface area (Å²) in [6, 6.07) is 0. The van der Waals surface area contributed by atoms with Crippen LogP contribution in [0.5, 0.6) is 0 Å². The lowest BCUT2D eigenvalue weighted by atomic mass is 9.86. The summed E-state index contributed by atoms with van der Waals surface area (Å²) < 4.78 is 35.5. The van der Waals surface area contributed by atoms with Crippen molar-refractivity contribution in [3.63, 3.8) is 0 Å². The van der Waals surface area contributed by atoms with Crippen LogP contribution in [0.2, 0.25) is 0 Å². The van der Waals surface area contributed by atoms with Crippen molar-refractivity contribution in [3.05, 3.63) is 0 Å². The molecule has 72 valence electrons. The Balaban J connectivity index is 2.47. The highest BCUT2D eigenvalue weighted by Crippen LogP contribution is 2.43. The summed E-state index contributed by atoms with van der Waals surface area (Å²) in [4.78, 5) is 0. The largest absolute Gasteiger partial charge is 0.390 e. The van der Waals surface area contributed by atoms with E-state index in [0.29, 0.717) is 12.8 Å². The van der Waals surface area contributed by atoms with Crippen LogP contribution in [-0.4, -0.2) is 10.5 Å². The second-order valence-electron chi connectivity index (χ2n) is 3.50. The van der Waals surface area contributed by atoms with Crippen LogP contribution in [0, 0.1) is 0 Å². The van der Waals surface area contributed by atoms with Crippen molar-refractivity contribution in [2.75, 3.05) is 0 Å². The number of halogens is 4. The molecule has 0 aromatic heterocycles. The number of hydrogen-bond donors (Lipinski definition) is 0. The average Bonchev–Trinajstić information content (AvgIpc) is 1.83. The molecule has 0 radical (unpaired) electrons. The van der Waals surface area contributed by atoms with E-state index in [1.54, 1.807) is 0 Å². The van der Waals surface area contributed by atoms with Gasteiger partial charge in [0.15, 0.2) is 0 Å². The van der Waals surface area contributed by atoms with Gasteiger partial charge in [-0.2, -0.15) is 13.2 Å². The number of alkyl halides is 4. The molecule has 0 nitrogen and oxygen atoms in total. The molecular weight excluding hydrogens is 233 g/mol. The van der Waals surface area contributed by atoms with Gasteiger partial charge >= 0.3 is 6.18 Å². The summed E-state index contributed by atoms with van der Waals surface area (Å²) in [5.41, 5.74) is 0. The Kier molecular flexibility index (Phi) is 3.07. The molecule has 4 heteroatoms. The minimum absolute atomic E-state index is 0.649. The third kappa shape index (κ3) is 3.33. The fraction of sp³-hybridized carbons (Fsp3) is 1.00. The van der Waals surface area contributed by atoms with Crippen LogP contribution in [0.15, 0.2) is 0 Å². The van der Waals surface area contributed by atoms with Crippen LogP contribution in [-0.2, 0) is 0 Å². The predicted molar refractivity (Wildman–Crippen MR) is 45.4 cm³/mol. The van der Waals surface area contributed by atoms with Crippen molar-refractivity contribution in [3.8, 4) is 0 Å². The minimum Gasteiger partial charge on any atom is -0.171 e. The molecule has 0 aromatic carbocycles. The number of hydrogen-bond acceptors (Lipinski definition) is 0. The van der Waals surface area contributed by atoms with Crippen molar-refractivity contribution in [1.82, 2.24) is 0 Å². The van der Waals surface area contributed by atoms with Gasteiger partial charge in [0.25, 0.3) is 0 Å². The van der Waals surface area contributed by atoms with E-state index >= 15 is 0 Å². The molecule has 0 unspecified atom stereocenters. The first-order valence-electron chi connectivity index (χ1n) is 4.17. The molecule has 1 saturated carbocycles. The highest BCUT2D eigenvalue weighted by atomic mass is 79.9. The van der Waals surface area contributed by atoms with E-state index in [2.05, 4.69) is 15.9 Å². The fourth-order valence-electron chi connectivity index (χ4n) is 1.72. The minimum atomic E-state index is -4.03. The van der Waals surface area contributed by atoms with E-state index < -0.39 is 16.9 Å². The van der Waals surface area contributed by atoms with Crippen molar-refractivity contribution in [2.24, 2.45) is 0 Å². The van der Waals surface area contributed by atoms with Crippen molar-refractivity contribution < 1.29 is 13.2 Å². The van der Waals surface area contributed by atoms with Gasteiger partial charge in [0.1, 0.15) is 0 Å². The molecule has 12 heavy (non-hydrogen) atoms. The Labute approximate surface area is 78.7 Å². The second-order valence-corrected chi connectivity index (χ2v) is 5.19. The average molecular weight is 245 g/mol. The van der Waals surface area contributed by atoms with Gasteiger partial charge in [-0.05, 0) is 12.8 Å². The van der Waals surface area contributed by atoms with Crippen molar-refractivity contribution >= 4 is 15.9 Å². The van der Waals surface area contributed by atoms with Crippen LogP contribution in [0.4, 0.5) is 13.2 Å². The Morgan fingerprint density at radius 2 is 1.58 bits per heavy atom. The zero-order chi connectivity index (χ0) is 9.24. The van der Waals surface area contributed by atoms with E-state index in [4.69, 9.17) is 0 Å². The summed E-state index contributed by atoms with van der Waals surface area (Å²) in [5, 5.41) is 0. The van der Waals surface area contributed by atoms with Gasteiger partial charge in [-0.15, -0.1) is 0 Å². The summed E-state index contributed by atoms with van der Waals surface area (Å²) in [6.45, 7) is 0. The van der Waals surface area contributed by atoms with Crippen LogP contribution < -0.4 is 0 Å². The van der Waals surface area contributed by atoms with Gasteiger partial charge in [-0.25, -0.2) is 0 Å². The molecule has 1 aliphatic carbocycles. The molecular formula is C8H12BrF3. The summed E-state index contributed by atoms with van der Waals surface area (Å²) in [7, 11) is 0. The topological polar surface area (TPSA) is 0 Å². The predicted octanol–water partition coefficient (Wildman–Crippen LogP) is 4.04. The number of rotatable bonds is 1. The third-order valence-electron chi connectivity index (χ3n) is 2.27. The van der Waals surface area contributed by atoms with Crippen LogP contribution >= 0.6 is 15.9 Å². The fourth-order valence-corrected chi connectivity index (χ4v) is 2.60. The lowest BCUT2D eigenvalue weighted by molar-refractivity contribution is -0.141. The Hall–Kier alpha value is 0.270. The van der Waals surface area contributed by atoms with Gasteiger partial charge in [0.05, 0.1) is 6.42 Å². The maximum atomic E-state index is 12.1. The molecule has 0 N–H and O–H groups in total. The van der Waals surface area contributed by atoms with E-state index in [1.807, 2.05) is 0 Å². The molecule has 1 fully saturated rings. The molecule has 1 rings (SSSR count). The maximum absolute atomic E-state index is 12.1. The summed E-state index contributed by atoms with van der Waals surface area (Å²) >= 11 is 3.21. The van der Waals surface area contributed by atoms with Gasteiger partial charge in [0.2, 0.25) is 0 Å². The molecule has 0 heterocycles. The summed E-state index contributed by atoms with van der Waals surface area (Å²) in [6.07, 6.45) is -0.478. The zero-order valence-electron chi connectivity index (χ0n) is 6.75. The van der Waals surface area contributed by atoms with E-state index in [9.17, 15) is 13.2 Å². The van der Waals surface area contributed by atoms with E-state index in [0.717, 1.165) is 19.3 Å². The van der Waals surface area contributed by atoms with Crippen molar-refractivity contribution in [2.45, 2.75) is 49.0 Å². The van der Waals surface area contributed by atoms with Crippen LogP contribution in [0.25, 0.3) is 0 Å². The molecule has 0 amide bonds. The molecule has 0 bridgehead atoms. The van der Waals surface area contributed by atoms with E-state index in [-0.39, 0.29) is 0 Å². The first kappa shape index (κ1) is 10.4. The lowest BCUT2D eigenvalue weighted by Gasteiger charge is -2.32. The molecule has 0 atom stereocenters. The highest BCUT2D eigenvalue weighted by molar-refractivity contribution is 9.10. The van der Waals surface area contributed by atoms with Gasteiger partial charge in [0, 0.05) is 4.32 Å². The molecule has 0 saturated heterocycles. The van der Waals surface area contributed by atoms with Crippen molar-refractivity contribution in [1.29, 1.82) is 0 Å². The Morgan fingerprint density at radius 1 is 1.08 bits per heavy atom. The first-order valence-corrected chi connectivity index (χ1v) is 4.96. The van der Waals surface area contributed by atoms with Crippen LogP contribution in [0.3, 0.4) is 0 Å². The lowest BCUT2D eigenvalue weighted by Crippen LogP contribution is -2.30. The van der Waals surface area contributed by atoms with Gasteiger partial charge in [-0.3, -0.25) is 0 Å². The quantitative estimate of drug-likeness (QED) is 0.611. The third-order valence-corrected chi connectivity index (χ3v) is 3.34. The van der Waals surface area contributed by atoms with Gasteiger partial charge in [-0.1, -0.05) is 35.2 Å². The monoisotopic (exact) mass is 244 g/mol. The molecule has 0 spiro atoms. The maximum Gasteiger partial charge on any atom is 0.390 e. The van der Waals surface area contributed by atoms with Crippen LogP contribution in [0.1, 0.15) is 38.5 Å². The first-order chi connectivity index (χ1) is 5.41. The second kappa shape index (κ2) is 3.56. The molecule has 0 aromatic rings. The molecule has 0 aliphatic heterocycles. The SMILES string of the molecule is FC(F)(F)CC1(Br)CCCCC1. The zero-order valence-corrected chi connectivity index (χ0v) is 8.34. The highest BCUT2D eigenvalue weighted by Gasteiger charge is 2.41. The Bertz CT molecular complexity index is 147. The normalized spacial score (nSPS) is 24.0. The smallest absolute Gasteiger partial charge is 0.171 e. The van der Waals surface area contributed by atoms with E-state index in [1.165, 1.54) is 0 Å². The van der Waals surface area contributed by atoms with Gasteiger partial charge < -0.3 is 0 Å². The standard InChI is InChI=1S/C8H12BrF3/c9-7(6-8(10,11)12)4-2-1-3-5-7/h1-6H2. The summed E-state index contributed by atoms with van der Waals surface area (Å²) in [5.74, 6) is 0. The molecule has 1 aliphatic rings.